The first-order valence-corrected chi connectivity index (χ1v) is 8.40. The molecule has 0 aromatic heterocycles. The van der Waals surface area contributed by atoms with Gasteiger partial charge in [-0.3, -0.25) is 0 Å². The van der Waals surface area contributed by atoms with Gasteiger partial charge < -0.3 is 5.32 Å². The van der Waals surface area contributed by atoms with E-state index in [1.54, 1.807) is 0 Å². The van der Waals surface area contributed by atoms with Crippen molar-refractivity contribution in [1.82, 2.24) is 5.32 Å². The van der Waals surface area contributed by atoms with Gasteiger partial charge in [0.15, 0.2) is 0 Å². The molecule has 2 rings (SSSR count). The summed E-state index contributed by atoms with van der Waals surface area (Å²) in [7, 11) is 1.98. The van der Waals surface area contributed by atoms with Crippen LogP contribution in [0.25, 0.3) is 0 Å². The minimum atomic E-state index is 0.399. The first kappa shape index (κ1) is 16.0. The Morgan fingerprint density at radius 1 is 1.10 bits per heavy atom. The number of nitrogens with one attached hydrogen (secondary N) is 1. The molecule has 0 aliphatic rings. The summed E-state index contributed by atoms with van der Waals surface area (Å²) >= 11 is 13.3. The highest BCUT2D eigenvalue weighted by atomic mass is 79.9. The van der Waals surface area contributed by atoms with Gasteiger partial charge in [0.2, 0.25) is 0 Å². The van der Waals surface area contributed by atoms with Crippen molar-refractivity contribution in [1.29, 1.82) is 0 Å². The lowest BCUT2D eigenvalue weighted by atomic mass is 9.92. The molecule has 0 aliphatic heterocycles. The Labute approximate surface area is 142 Å². The van der Waals surface area contributed by atoms with Gasteiger partial charge in [0.1, 0.15) is 0 Å². The molecule has 0 bridgehead atoms. The fraction of sp³-hybridized carbons (Fsp3) is 0.250. The van der Waals surface area contributed by atoms with Crippen molar-refractivity contribution in [2.75, 3.05) is 13.6 Å². The van der Waals surface area contributed by atoms with Crippen LogP contribution in [-0.2, 0) is 6.42 Å². The molecule has 0 fully saturated rings. The first-order valence-electron chi connectivity index (χ1n) is 6.44. The van der Waals surface area contributed by atoms with Crippen molar-refractivity contribution >= 4 is 43.5 Å². The lowest BCUT2D eigenvalue weighted by molar-refractivity contribution is 0.625. The fourth-order valence-corrected chi connectivity index (χ4v) is 3.44. The first-order chi connectivity index (χ1) is 9.60. The van der Waals surface area contributed by atoms with Crippen molar-refractivity contribution < 1.29 is 0 Å². The maximum atomic E-state index is 6.33. The van der Waals surface area contributed by atoms with E-state index in [1.165, 1.54) is 11.1 Å². The molecule has 1 atom stereocenters. The monoisotopic (exact) mass is 415 g/mol. The molecule has 0 amide bonds. The van der Waals surface area contributed by atoms with Gasteiger partial charge in [-0.15, -0.1) is 0 Å². The average Bonchev–Trinajstić information content (AvgIpc) is 2.41. The molecule has 20 heavy (non-hydrogen) atoms. The van der Waals surface area contributed by atoms with Crippen LogP contribution in [0.1, 0.15) is 17.0 Å². The van der Waals surface area contributed by atoms with Crippen LogP contribution in [0.3, 0.4) is 0 Å². The smallest absolute Gasteiger partial charge is 0.0449 e. The SMILES string of the molecule is CNCC(Cc1ccc(Br)cc1Cl)c1cccc(Br)c1. The highest BCUT2D eigenvalue weighted by molar-refractivity contribution is 9.10. The second-order valence-electron chi connectivity index (χ2n) is 4.75. The quantitative estimate of drug-likeness (QED) is 0.686. The number of likely N-dealkylation sites (N-methyl/N-ethyl adjacent to an activating group) is 1. The molecule has 0 aliphatic carbocycles. The molecule has 4 heteroatoms. The van der Waals surface area contributed by atoms with Crippen LogP contribution in [0.4, 0.5) is 0 Å². The Kier molecular flexibility index (Phi) is 6.09. The van der Waals surface area contributed by atoms with Gasteiger partial charge in [-0.25, -0.2) is 0 Å². The molecule has 1 nitrogen and oxygen atoms in total. The second-order valence-corrected chi connectivity index (χ2v) is 6.99. The molecule has 0 saturated heterocycles. The van der Waals surface area contributed by atoms with Crippen LogP contribution in [-0.4, -0.2) is 13.6 Å². The molecule has 106 valence electrons. The number of benzene rings is 2. The van der Waals surface area contributed by atoms with Gasteiger partial charge in [0, 0.05) is 26.4 Å². The number of hydrogen-bond acceptors (Lipinski definition) is 1. The summed E-state index contributed by atoms with van der Waals surface area (Å²) < 4.78 is 2.12. The summed E-state index contributed by atoms with van der Waals surface area (Å²) in [6.07, 6.45) is 0.920. The normalized spacial score (nSPS) is 12.4. The van der Waals surface area contributed by atoms with Crippen LogP contribution < -0.4 is 5.32 Å². The molecule has 2 aromatic carbocycles. The van der Waals surface area contributed by atoms with Crippen LogP contribution >= 0.6 is 43.5 Å². The third kappa shape index (κ3) is 4.32. The Balaban J connectivity index is 2.25. The second kappa shape index (κ2) is 7.60. The summed E-state index contributed by atoms with van der Waals surface area (Å²) in [5.74, 6) is 0.399. The minimum absolute atomic E-state index is 0.399. The van der Waals surface area contributed by atoms with E-state index < -0.39 is 0 Å². The predicted molar refractivity (Wildman–Crippen MR) is 93.7 cm³/mol. The summed E-state index contributed by atoms with van der Waals surface area (Å²) in [5.41, 5.74) is 2.49. The number of halogens is 3. The molecule has 0 saturated carbocycles. The number of hydrogen-bond donors (Lipinski definition) is 1. The Morgan fingerprint density at radius 3 is 2.50 bits per heavy atom. The van der Waals surface area contributed by atoms with E-state index in [1.807, 2.05) is 25.2 Å². The highest BCUT2D eigenvalue weighted by Crippen LogP contribution is 2.28. The maximum Gasteiger partial charge on any atom is 0.0449 e. The number of rotatable bonds is 5. The summed E-state index contributed by atoms with van der Waals surface area (Å²) in [6.45, 7) is 0.919. The van der Waals surface area contributed by atoms with E-state index in [0.29, 0.717) is 5.92 Å². The van der Waals surface area contributed by atoms with E-state index in [-0.39, 0.29) is 0 Å². The predicted octanol–water partition coefficient (Wildman–Crippen LogP) is 5.41. The largest absolute Gasteiger partial charge is 0.319 e. The van der Waals surface area contributed by atoms with Gasteiger partial charge in [-0.1, -0.05) is 61.7 Å². The lowest BCUT2D eigenvalue weighted by Crippen LogP contribution is -2.19. The maximum absolute atomic E-state index is 6.33. The van der Waals surface area contributed by atoms with Crippen molar-refractivity contribution in [3.63, 3.8) is 0 Å². The van der Waals surface area contributed by atoms with Crippen LogP contribution in [0.2, 0.25) is 5.02 Å². The molecule has 2 aromatic rings. The average molecular weight is 418 g/mol. The fourth-order valence-electron chi connectivity index (χ4n) is 2.27. The third-order valence-corrected chi connectivity index (χ3v) is 4.59. The zero-order valence-corrected chi connectivity index (χ0v) is 15.1. The van der Waals surface area contributed by atoms with Gasteiger partial charge >= 0.3 is 0 Å². The van der Waals surface area contributed by atoms with Crippen LogP contribution in [0.5, 0.6) is 0 Å². The van der Waals surface area contributed by atoms with E-state index in [4.69, 9.17) is 11.6 Å². The Morgan fingerprint density at radius 2 is 1.85 bits per heavy atom. The van der Waals surface area contributed by atoms with Gasteiger partial charge in [-0.05, 0) is 48.9 Å². The van der Waals surface area contributed by atoms with Crippen molar-refractivity contribution in [3.05, 3.63) is 67.6 Å². The lowest BCUT2D eigenvalue weighted by Gasteiger charge is -2.18. The van der Waals surface area contributed by atoms with Crippen LogP contribution in [0, 0.1) is 0 Å². The van der Waals surface area contributed by atoms with Crippen molar-refractivity contribution in [2.24, 2.45) is 0 Å². The summed E-state index contributed by atoms with van der Waals surface area (Å²) in [6, 6.07) is 14.5. The van der Waals surface area contributed by atoms with Crippen molar-refractivity contribution in [2.45, 2.75) is 12.3 Å². The van der Waals surface area contributed by atoms with E-state index >= 15 is 0 Å². The zero-order valence-electron chi connectivity index (χ0n) is 11.2. The minimum Gasteiger partial charge on any atom is -0.319 e. The van der Waals surface area contributed by atoms with E-state index in [9.17, 15) is 0 Å². The standard InChI is InChI=1S/C16H16Br2ClN/c1-20-10-13(11-3-2-4-14(17)8-11)7-12-5-6-15(18)9-16(12)19/h2-6,8-9,13,20H,7,10H2,1H3. The molecule has 1 N–H and O–H groups in total. The van der Waals surface area contributed by atoms with Gasteiger partial charge in [0.05, 0.1) is 0 Å². The molecule has 0 radical (unpaired) electrons. The Hall–Kier alpha value is -0.350. The Bertz CT molecular complexity index is 586. The van der Waals surface area contributed by atoms with Gasteiger partial charge in [0.25, 0.3) is 0 Å². The molecular weight excluding hydrogens is 401 g/mol. The zero-order chi connectivity index (χ0) is 14.5. The molecule has 1 unspecified atom stereocenters. The van der Waals surface area contributed by atoms with Crippen LogP contribution in [0.15, 0.2) is 51.4 Å². The molecular formula is C16H16Br2ClN. The molecule has 0 heterocycles. The third-order valence-electron chi connectivity index (χ3n) is 3.25. The molecule has 0 spiro atoms. The summed E-state index contributed by atoms with van der Waals surface area (Å²) in [5, 5.41) is 4.08. The van der Waals surface area contributed by atoms with Crippen molar-refractivity contribution in [3.8, 4) is 0 Å². The summed E-state index contributed by atoms with van der Waals surface area (Å²) in [4.78, 5) is 0. The van der Waals surface area contributed by atoms with Gasteiger partial charge in [-0.2, -0.15) is 0 Å². The highest BCUT2D eigenvalue weighted by Gasteiger charge is 2.14. The van der Waals surface area contributed by atoms with E-state index in [0.717, 1.165) is 26.9 Å². The topological polar surface area (TPSA) is 12.0 Å². The van der Waals surface area contributed by atoms with E-state index in [2.05, 4.69) is 61.4 Å².